The van der Waals surface area contributed by atoms with Crippen LogP contribution in [0.4, 0.5) is 5.69 Å². The fourth-order valence-corrected chi connectivity index (χ4v) is 4.42. The standard InChI is InChI=1S/C22H28N4OS.HI/c1-17(27)25-20-8-6-7-18(13-20)14-24-22(23-2)26-12-11-19(15-26)16-28-21-9-4-3-5-10-21;/h3-10,13,19H,11-12,14-16H2,1-2H3,(H,23,24)(H,25,27);1H. The second-order valence-corrected chi connectivity index (χ2v) is 8.10. The molecule has 1 heterocycles. The molecule has 29 heavy (non-hydrogen) atoms. The van der Waals surface area contributed by atoms with E-state index in [9.17, 15) is 4.79 Å². The van der Waals surface area contributed by atoms with Gasteiger partial charge in [0, 0.05) is 49.9 Å². The molecule has 0 bridgehead atoms. The van der Waals surface area contributed by atoms with E-state index in [1.165, 1.54) is 18.2 Å². The summed E-state index contributed by atoms with van der Waals surface area (Å²) >= 11 is 1.93. The highest BCUT2D eigenvalue weighted by molar-refractivity contribution is 14.0. The Kier molecular flexibility index (Phi) is 9.80. The van der Waals surface area contributed by atoms with Gasteiger partial charge >= 0.3 is 0 Å². The molecule has 2 N–H and O–H groups in total. The van der Waals surface area contributed by atoms with Gasteiger partial charge in [0.15, 0.2) is 5.96 Å². The first kappa shape index (κ1) is 23.5. The number of amides is 1. The minimum atomic E-state index is -0.0580. The summed E-state index contributed by atoms with van der Waals surface area (Å²) in [4.78, 5) is 19.4. The van der Waals surface area contributed by atoms with Crippen molar-refractivity contribution in [3.8, 4) is 0 Å². The maximum Gasteiger partial charge on any atom is 0.221 e. The molecule has 0 aliphatic carbocycles. The van der Waals surface area contributed by atoms with Crippen LogP contribution in [0.1, 0.15) is 18.9 Å². The maximum absolute atomic E-state index is 11.2. The summed E-state index contributed by atoms with van der Waals surface area (Å²) in [6.07, 6.45) is 1.19. The molecular formula is C22H29IN4OS. The number of thioether (sulfide) groups is 1. The van der Waals surface area contributed by atoms with Crippen molar-refractivity contribution >= 4 is 53.3 Å². The average Bonchev–Trinajstić information content (AvgIpc) is 3.16. The largest absolute Gasteiger partial charge is 0.352 e. The molecule has 1 aliphatic rings. The summed E-state index contributed by atoms with van der Waals surface area (Å²) in [7, 11) is 1.84. The Morgan fingerprint density at radius 3 is 2.72 bits per heavy atom. The fraction of sp³-hybridized carbons (Fsp3) is 0.364. The highest BCUT2D eigenvalue weighted by Gasteiger charge is 2.24. The van der Waals surface area contributed by atoms with E-state index in [0.717, 1.165) is 36.1 Å². The molecule has 0 radical (unpaired) electrons. The van der Waals surface area contributed by atoms with E-state index in [1.54, 1.807) is 0 Å². The van der Waals surface area contributed by atoms with Gasteiger partial charge < -0.3 is 15.5 Å². The molecule has 1 atom stereocenters. The second kappa shape index (κ2) is 12.1. The lowest BCUT2D eigenvalue weighted by atomic mass is 10.2. The van der Waals surface area contributed by atoms with Crippen LogP contribution in [0.2, 0.25) is 0 Å². The van der Waals surface area contributed by atoms with E-state index in [4.69, 9.17) is 0 Å². The lowest BCUT2D eigenvalue weighted by Crippen LogP contribution is -2.39. The Morgan fingerprint density at radius 2 is 2.00 bits per heavy atom. The summed E-state index contributed by atoms with van der Waals surface area (Å²) in [6.45, 7) is 4.27. The van der Waals surface area contributed by atoms with Crippen LogP contribution in [0.15, 0.2) is 64.5 Å². The second-order valence-electron chi connectivity index (χ2n) is 7.01. The quantitative estimate of drug-likeness (QED) is 0.254. The number of rotatable bonds is 6. The first-order valence-electron chi connectivity index (χ1n) is 9.64. The van der Waals surface area contributed by atoms with Gasteiger partial charge in [-0.05, 0) is 42.2 Å². The zero-order chi connectivity index (χ0) is 19.8. The molecule has 2 aromatic carbocycles. The number of likely N-dealkylation sites (tertiary alicyclic amines) is 1. The summed E-state index contributed by atoms with van der Waals surface area (Å²) in [5.74, 6) is 2.69. The highest BCUT2D eigenvalue weighted by atomic mass is 127. The van der Waals surface area contributed by atoms with Gasteiger partial charge in [-0.2, -0.15) is 0 Å². The summed E-state index contributed by atoms with van der Waals surface area (Å²) < 4.78 is 0. The van der Waals surface area contributed by atoms with Crippen LogP contribution in [0, 0.1) is 5.92 Å². The van der Waals surface area contributed by atoms with E-state index < -0.39 is 0 Å². The third kappa shape index (κ3) is 7.54. The van der Waals surface area contributed by atoms with Crippen LogP contribution in [0.3, 0.4) is 0 Å². The number of guanidine groups is 1. The van der Waals surface area contributed by atoms with E-state index in [-0.39, 0.29) is 29.9 Å². The van der Waals surface area contributed by atoms with Crippen LogP contribution in [-0.4, -0.2) is 42.7 Å². The van der Waals surface area contributed by atoms with Gasteiger partial charge in [-0.15, -0.1) is 35.7 Å². The molecule has 1 fully saturated rings. The number of benzene rings is 2. The Bertz CT molecular complexity index is 815. The molecule has 1 amide bonds. The molecule has 0 spiro atoms. The molecule has 5 nitrogen and oxygen atoms in total. The van der Waals surface area contributed by atoms with Gasteiger partial charge in [0.2, 0.25) is 5.91 Å². The van der Waals surface area contributed by atoms with Crippen molar-refractivity contribution < 1.29 is 4.79 Å². The molecule has 1 unspecified atom stereocenters. The minimum absolute atomic E-state index is 0. The molecule has 1 saturated heterocycles. The van der Waals surface area contributed by atoms with Gasteiger partial charge in [0.1, 0.15) is 0 Å². The minimum Gasteiger partial charge on any atom is -0.352 e. The SMILES string of the molecule is CN=C(NCc1cccc(NC(C)=O)c1)N1CCC(CSc2ccccc2)C1.I. The number of carbonyl (C=O) groups is 1. The molecule has 3 rings (SSSR count). The first-order chi connectivity index (χ1) is 13.6. The third-order valence-corrected chi connectivity index (χ3v) is 5.97. The van der Waals surface area contributed by atoms with Crippen molar-refractivity contribution in [2.45, 2.75) is 24.8 Å². The van der Waals surface area contributed by atoms with Crippen molar-refractivity contribution in [2.75, 3.05) is 31.2 Å². The van der Waals surface area contributed by atoms with Crippen LogP contribution >= 0.6 is 35.7 Å². The normalized spacial score (nSPS) is 16.3. The lowest BCUT2D eigenvalue weighted by Gasteiger charge is -2.22. The predicted molar refractivity (Wildman–Crippen MR) is 133 cm³/mol. The van der Waals surface area contributed by atoms with Crippen LogP contribution in [-0.2, 0) is 11.3 Å². The number of carbonyl (C=O) groups excluding carboxylic acids is 1. The number of halogens is 1. The molecule has 2 aromatic rings. The molecular weight excluding hydrogens is 495 g/mol. The third-order valence-electron chi connectivity index (χ3n) is 4.72. The molecule has 1 aliphatic heterocycles. The van der Waals surface area contributed by atoms with Crippen LogP contribution in [0.25, 0.3) is 0 Å². The van der Waals surface area contributed by atoms with Crippen LogP contribution in [0.5, 0.6) is 0 Å². The number of nitrogens with one attached hydrogen (secondary N) is 2. The monoisotopic (exact) mass is 524 g/mol. The number of hydrogen-bond donors (Lipinski definition) is 2. The van der Waals surface area contributed by atoms with Crippen molar-refractivity contribution in [2.24, 2.45) is 10.9 Å². The smallest absolute Gasteiger partial charge is 0.221 e. The van der Waals surface area contributed by atoms with Gasteiger partial charge in [-0.1, -0.05) is 30.3 Å². The fourth-order valence-electron chi connectivity index (χ4n) is 3.37. The summed E-state index contributed by atoms with van der Waals surface area (Å²) in [5.41, 5.74) is 1.93. The zero-order valence-corrected chi connectivity index (χ0v) is 20.1. The number of nitrogens with zero attached hydrogens (tertiary/aromatic N) is 2. The Morgan fingerprint density at radius 1 is 1.21 bits per heavy atom. The Hall–Kier alpha value is -1.74. The lowest BCUT2D eigenvalue weighted by molar-refractivity contribution is -0.114. The summed E-state index contributed by atoms with van der Waals surface area (Å²) in [6, 6.07) is 18.5. The van der Waals surface area contributed by atoms with Crippen LogP contribution < -0.4 is 10.6 Å². The van der Waals surface area contributed by atoms with Gasteiger partial charge in [-0.3, -0.25) is 9.79 Å². The van der Waals surface area contributed by atoms with E-state index in [1.807, 2.05) is 37.0 Å². The highest BCUT2D eigenvalue weighted by Crippen LogP contribution is 2.25. The number of aliphatic imine (C=N–C) groups is 1. The van der Waals surface area contributed by atoms with Crippen molar-refractivity contribution in [3.63, 3.8) is 0 Å². The zero-order valence-electron chi connectivity index (χ0n) is 16.9. The maximum atomic E-state index is 11.2. The van der Waals surface area contributed by atoms with Gasteiger partial charge in [0.05, 0.1) is 0 Å². The molecule has 156 valence electrons. The molecule has 0 aromatic heterocycles. The Labute approximate surface area is 194 Å². The molecule has 7 heteroatoms. The van der Waals surface area contributed by atoms with E-state index in [2.05, 4.69) is 56.9 Å². The average molecular weight is 524 g/mol. The van der Waals surface area contributed by atoms with Crippen molar-refractivity contribution in [3.05, 3.63) is 60.2 Å². The topological polar surface area (TPSA) is 56.7 Å². The van der Waals surface area contributed by atoms with Gasteiger partial charge in [-0.25, -0.2) is 0 Å². The number of anilines is 1. The van der Waals surface area contributed by atoms with Crippen molar-refractivity contribution in [1.29, 1.82) is 0 Å². The predicted octanol–water partition coefficient (Wildman–Crippen LogP) is 4.45. The van der Waals surface area contributed by atoms with E-state index in [0.29, 0.717) is 12.5 Å². The first-order valence-corrected chi connectivity index (χ1v) is 10.6. The number of hydrogen-bond acceptors (Lipinski definition) is 3. The van der Waals surface area contributed by atoms with Crippen molar-refractivity contribution in [1.82, 2.24) is 10.2 Å². The summed E-state index contributed by atoms with van der Waals surface area (Å²) in [5, 5.41) is 6.28. The molecule has 0 saturated carbocycles. The van der Waals surface area contributed by atoms with Gasteiger partial charge in [0.25, 0.3) is 0 Å². The van der Waals surface area contributed by atoms with E-state index >= 15 is 0 Å². The Balaban J connectivity index is 0.00000300.